The summed E-state index contributed by atoms with van der Waals surface area (Å²) in [5, 5.41) is 3.29. The summed E-state index contributed by atoms with van der Waals surface area (Å²) in [6.45, 7) is 4.37. The van der Waals surface area contributed by atoms with Crippen molar-refractivity contribution in [3.8, 4) is 0 Å². The molecule has 3 rings (SSSR count). The fourth-order valence-corrected chi connectivity index (χ4v) is 5.44. The fourth-order valence-electron chi connectivity index (χ4n) is 3.36. The van der Waals surface area contributed by atoms with E-state index >= 15 is 0 Å². The van der Waals surface area contributed by atoms with Crippen LogP contribution in [0.15, 0.2) is 23.1 Å². The van der Waals surface area contributed by atoms with Crippen LogP contribution in [0.3, 0.4) is 0 Å². The highest BCUT2D eigenvalue weighted by atomic mass is 35.5. The molecule has 1 aromatic rings. The molecule has 1 aromatic carbocycles. The SMILES string of the molecule is Cc1ccc(S(=O)(=O)N2CCCC(N3CCNCC3=O)C2)c(Cl)c1. The Labute approximate surface area is 147 Å². The van der Waals surface area contributed by atoms with Crippen molar-refractivity contribution in [1.82, 2.24) is 14.5 Å². The smallest absolute Gasteiger partial charge is 0.244 e. The highest BCUT2D eigenvalue weighted by Crippen LogP contribution is 2.28. The van der Waals surface area contributed by atoms with Crippen molar-refractivity contribution in [2.24, 2.45) is 0 Å². The van der Waals surface area contributed by atoms with Gasteiger partial charge in [-0.05, 0) is 37.5 Å². The van der Waals surface area contributed by atoms with Gasteiger partial charge in [0.15, 0.2) is 0 Å². The fraction of sp³-hybridized carbons (Fsp3) is 0.562. The number of halogens is 1. The van der Waals surface area contributed by atoms with E-state index in [9.17, 15) is 13.2 Å². The van der Waals surface area contributed by atoms with Crippen LogP contribution in [-0.2, 0) is 14.8 Å². The molecule has 0 saturated carbocycles. The van der Waals surface area contributed by atoms with Gasteiger partial charge in [0, 0.05) is 32.2 Å². The molecule has 2 heterocycles. The molecule has 8 heteroatoms. The van der Waals surface area contributed by atoms with Gasteiger partial charge in [-0.1, -0.05) is 17.7 Å². The summed E-state index contributed by atoms with van der Waals surface area (Å²) in [4.78, 5) is 14.0. The predicted molar refractivity (Wildman–Crippen MR) is 92.6 cm³/mol. The molecule has 2 fully saturated rings. The number of sulfonamides is 1. The summed E-state index contributed by atoms with van der Waals surface area (Å²) in [5.74, 6) is 0.0406. The molecule has 0 spiro atoms. The minimum atomic E-state index is -3.65. The van der Waals surface area contributed by atoms with Gasteiger partial charge in [-0.3, -0.25) is 4.79 Å². The molecule has 6 nitrogen and oxygen atoms in total. The Morgan fingerprint density at radius 3 is 2.79 bits per heavy atom. The van der Waals surface area contributed by atoms with E-state index in [-0.39, 0.29) is 21.9 Å². The van der Waals surface area contributed by atoms with Crippen molar-refractivity contribution >= 4 is 27.5 Å². The maximum Gasteiger partial charge on any atom is 0.244 e. The van der Waals surface area contributed by atoms with E-state index in [0.29, 0.717) is 26.2 Å². The molecule has 1 atom stereocenters. The van der Waals surface area contributed by atoms with Gasteiger partial charge in [-0.15, -0.1) is 0 Å². The molecule has 0 bridgehead atoms. The summed E-state index contributed by atoms with van der Waals surface area (Å²) in [6, 6.07) is 4.91. The lowest BCUT2D eigenvalue weighted by Gasteiger charge is -2.40. The van der Waals surface area contributed by atoms with Gasteiger partial charge in [0.25, 0.3) is 0 Å². The topological polar surface area (TPSA) is 69.7 Å². The third-order valence-corrected chi connectivity index (χ3v) is 6.98. The number of carbonyl (C=O) groups is 1. The maximum absolute atomic E-state index is 13.0. The lowest BCUT2D eigenvalue weighted by Crippen LogP contribution is -2.57. The van der Waals surface area contributed by atoms with E-state index in [0.717, 1.165) is 24.9 Å². The van der Waals surface area contributed by atoms with E-state index in [2.05, 4.69) is 5.32 Å². The van der Waals surface area contributed by atoms with E-state index in [1.54, 1.807) is 18.2 Å². The van der Waals surface area contributed by atoms with Crippen LogP contribution in [0.2, 0.25) is 5.02 Å². The second kappa shape index (κ2) is 7.00. The van der Waals surface area contributed by atoms with Crippen molar-refractivity contribution < 1.29 is 13.2 Å². The number of amides is 1. The average molecular weight is 372 g/mol. The average Bonchev–Trinajstić information content (AvgIpc) is 2.55. The minimum absolute atomic E-state index is 0.0406. The molecular weight excluding hydrogens is 350 g/mol. The standard InChI is InChI=1S/C16H22ClN3O3S/c1-12-4-5-15(14(17)9-12)24(22,23)19-7-2-3-13(11-19)20-8-6-18-10-16(20)21/h4-5,9,13,18H,2-3,6-8,10-11H2,1H3. The Bertz CT molecular complexity index is 738. The molecule has 1 N–H and O–H groups in total. The summed E-state index contributed by atoms with van der Waals surface area (Å²) >= 11 is 6.16. The summed E-state index contributed by atoms with van der Waals surface area (Å²) in [6.07, 6.45) is 1.57. The number of hydrogen-bond acceptors (Lipinski definition) is 4. The molecule has 0 aromatic heterocycles. The van der Waals surface area contributed by atoms with Gasteiger partial charge in [-0.25, -0.2) is 8.42 Å². The zero-order valence-corrected chi connectivity index (χ0v) is 15.2. The normalized spacial score (nSPS) is 23.5. The Morgan fingerprint density at radius 1 is 1.29 bits per heavy atom. The van der Waals surface area contributed by atoms with Crippen LogP contribution >= 0.6 is 11.6 Å². The van der Waals surface area contributed by atoms with Crippen LogP contribution in [0.25, 0.3) is 0 Å². The number of piperazine rings is 1. The third-order valence-electron chi connectivity index (χ3n) is 4.63. The maximum atomic E-state index is 13.0. The van der Waals surface area contributed by atoms with Crippen molar-refractivity contribution in [3.05, 3.63) is 28.8 Å². The lowest BCUT2D eigenvalue weighted by molar-refractivity contribution is -0.135. The van der Waals surface area contributed by atoms with Crippen LogP contribution < -0.4 is 5.32 Å². The first-order valence-electron chi connectivity index (χ1n) is 8.16. The number of carbonyl (C=O) groups excluding carboxylic acids is 1. The van der Waals surface area contributed by atoms with Gasteiger partial charge in [0.1, 0.15) is 4.90 Å². The number of benzene rings is 1. The number of aryl methyl sites for hydroxylation is 1. The van der Waals surface area contributed by atoms with Gasteiger partial charge >= 0.3 is 0 Å². The highest BCUT2D eigenvalue weighted by molar-refractivity contribution is 7.89. The van der Waals surface area contributed by atoms with E-state index in [1.807, 2.05) is 11.8 Å². The monoisotopic (exact) mass is 371 g/mol. The van der Waals surface area contributed by atoms with Crippen LogP contribution in [-0.4, -0.2) is 62.3 Å². The summed E-state index contributed by atoms with van der Waals surface area (Å²) in [5.41, 5.74) is 0.918. The van der Waals surface area contributed by atoms with E-state index < -0.39 is 10.0 Å². The second-order valence-electron chi connectivity index (χ2n) is 6.36. The Balaban J connectivity index is 1.82. The zero-order chi connectivity index (χ0) is 17.3. The molecule has 2 aliphatic heterocycles. The van der Waals surface area contributed by atoms with Crippen molar-refractivity contribution in [3.63, 3.8) is 0 Å². The number of nitrogens with zero attached hydrogens (tertiary/aromatic N) is 2. The first kappa shape index (κ1) is 17.7. The lowest BCUT2D eigenvalue weighted by atomic mass is 10.1. The molecule has 2 aliphatic rings. The first-order chi connectivity index (χ1) is 11.4. The van der Waals surface area contributed by atoms with Gasteiger partial charge in [0.05, 0.1) is 11.6 Å². The van der Waals surface area contributed by atoms with Crippen LogP contribution in [0, 0.1) is 6.92 Å². The molecule has 132 valence electrons. The number of rotatable bonds is 3. The quantitative estimate of drug-likeness (QED) is 0.867. The Morgan fingerprint density at radius 2 is 2.08 bits per heavy atom. The molecule has 1 amide bonds. The minimum Gasteiger partial charge on any atom is -0.336 e. The van der Waals surface area contributed by atoms with Crippen molar-refractivity contribution in [2.75, 3.05) is 32.7 Å². The number of piperidine rings is 1. The van der Waals surface area contributed by atoms with Crippen molar-refractivity contribution in [1.29, 1.82) is 0 Å². The number of hydrogen-bond donors (Lipinski definition) is 1. The van der Waals surface area contributed by atoms with E-state index in [4.69, 9.17) is 11.6 Å². The molecule has 24 heavy (non-hydrogen) atoms. The zero-order valence-electron chi connectivity index (χ0n) is 13.7. The van der Waals surface area contributed by atoms with Gasteiger partial charge in [-0.2, -0.15) is 4.31 Å². The van der Waals surface area contributed by atoms with Crippen LogP contribution in [0.5, 0.6) is 0 Å². The van der Waals surface area contributed by atoms with Gasteiger partial charge in [0.2, 0.25) is 15.9 Å². The predicted octanol–water partition coefficient (Wildman–Crippen LogP) is 1.23. The first-order valence-corrected chi connectivity index (χ1v) is 9.98. The molecular formula is C16H22ClN3O3S. The molecule has 1 unspecified atom stereocenters. The second-order valence-corrected chi connectivity index (χ2v) is 8.67. The number of nitrogens with one attached hydrogen (secondary N) is 1. The highest BCUT2D eigenvalue weighted by Gasteiger charge is 2.35. The third kappa shape index (κ3) is 3.44. The Hall–Kier alpha value is -1.15. The van der Waals surface area contributed by atoms with Crippen LogP contribution in [0.4, 0.5) is 0 Å². The molecule has 2 saturated heterocycles. The molecule has 0 radical (unpaired) electrons. The van der Waals surface area contributed by atoms with Crippen LogP contribution in [0.1, 0.15) is 18.4 Å². The Kier molecular flexibility index (Phi) is 5.15. The summed E-state index contributed by atoms with van der Waals surface area (Å²) in [7, 11) is -3.65. The van der Waals surface area contributed by atoms with E-state index in [1.165, 1.54) is 4.31 Å². The molecule has 0 aliphatic carbocycles. The van der Waals surface area contributed by atoms with Crippen molar-refractivity contribution in [2.45, 2.75) is 30.7 Å². The largest absolute Gasteiger partial charge is 0.336 e. The van der Waals surface area contributed by atoms with Gasteiger partial charge < -0.3 is 10.2 Å². The summed E-state index contributed by atoms with van der Waals surface area (Å²) < 4.78 is 27.4.